The summed E-state index contributed by atoms with van der Waals surface area (Å²) in [6.45, 7) is 6.53. The van der Waals surface area contributed by atoms with Crippen LogP contribution in [0.2, 0.25) is 0 Å². The summed E-state index contributed by atoms with van der Waals surface area (Å²) in [6, 6.07) is 0. The van der Waals surface area contributed by atoms with Crippen LogP contribution in [0.25, 0.3) is 0 Å². The van der Waals surface area contributed by atoms with Crippen molar-refractivity contribution in [2.45, 2.75) is 42.9 Å². The summed E-state index contributed by atoms with van der Waals surface area (Å²) in [6.07, 6.45) is 1.09. The normalized spacial score (nSPS) is 20.1. The fourth-order valence-corrected chi connectivity index (χ4v) is 3.47. The highest BCUT2D eigenvalue weighted by Crippen LogP contribution is 2.22. The van der Waals surface area contributed by atoms with Crippen LogP contribution in [-0.4, -0.2) is 27.3 Å². The monoisotopic (exact) mass is 270 g/mol. The van der Waals surface area contributed by atoms with Gasteiger partial charge < -0.3 is 0 Å². The fraction of sp³-hybridized carbons (Fsp3) is 1.00. The van der Waals surface area contributed by atoms with Crippen molar-refractivity contribution in [2.24, 2.45) is 5.92 Å². The molecule has 0 saturated carbocycles. The molecule has 14 heavy (non-hydrogen) atoms. The first-order chi connectivity index (χ1) is 6.43. The van der Waals surface area contributed by atoms with Gasteiger partial charge in [-0.3, -0.25) is 0 Å². The summed E-state index contributed by atoms with van der Waals surface area (Å²) in [5, 5.41) is 1.42. The van der Waals surface area contributed by atoms with Gasteiger partial charge in [0, 0.05) is 16.3 Å². The highest BCUT2D eigenvalue weighted by Gasteiger charge is 2.14. The topological polar surface area (TPSA) is 0 Å². The zero-order valence-electron chi connectivity index (χ0n) is 9.18. The smallest absolute Gasteiger partial charge is 0.00791 e. The van der Waals surface area contributed by atoms with Crippen LogP contribution in [0.5, 0.6) is 0 Å². The van der Waals surface area contributed by atoms with Crippen molar-refractivity contribution >= 4 is 49.6 Å². The highest BCUT2D eigenvalue weighted by atomic mass is 32.2. The van der Waals surface area contributed by atoms with Gasteiger partial charge in [-0.25, -0.2) is 0 Å². The minimum absolute atomic E-state index is 0.453. The molecular formula is C10H22S4. The van der Waals surface area contributed by atoms with Crippen molar-refractivity contribution < 1.29 is 0 Å². The van der Waals surface area contributed by atoms with Crippen LogP contribution in [0.4, 0.5) is 0 Å². The molecule has 0 radical (unpaired) electrons. The Morgan fingerprint density at radius 2 is 1.50 bits per heavy atom. The molecule has 0 aromatic heterocycles. The molecule has 0 N–H and O–H groups in total. The lowest BCUT2D eigenvalue weighted by Crippen LogP contribution is -2.18. The number of thioether (sulfide) groups is 1. The van der Waals surface area contributed by atoms with Crippen LogP contribution in [0.1, 0.15) is 27.2 Å². The molecule has 4 heteroatoms. The molecule has 0 bridgehead atoms. The average Bonchev–Trinajstić information content (AvgIpc) is 2.01. The largest absolute Gasteiger partial charge is 0.176 e. The minimum atomic E-state index is 0.453. The summed E-state index contributed by atoms with van der Waals surface area (Å²) in [5.74, 6) is 2.97. The second kappa shape index (κ2) is 8.54. The summed E-state index contributed by atoms with van der Waals surface area (Å²) in [7, 11) is 0. The number of thiol groups is 3. The Morgan fingerprint density at radius 1 is 0.929 bits per heavy atom. The first-order valence-electron chi connectivity index (χ1n) is 5.05. The van der Waals surface area contributed by atoms with Crippen molar-refractivity contribution in [3.05, 3.63) is 0 Å². The van der Waals surface area contributed by atoms with Crippen molar-refractivity contribution in [1.29, 1.82) is 0 Å². The molecule has 4 unspecified atom stereocenters. The molecule has 0 aliphatic heterocycles. The molecule has 0 heterocycles. The van der Waals surface area contributed by atoms with E-state index in [-0.39, 0.29) is 0 Å². The van der Waals surface area contributed by atoms with Crippen molar-refractivity contribution in [1.82, 2.24) is 0 Å². The summed E-state index contributed by atoms with van der Waals surface area (Å²) < 4.78 is 0. The summed E-state index contributed by atoms with van der Waals surface area (Å²) in [4.78, 5) is 0. The van der Waals surface area contributed by atoms with Crippen molar-refractivity contribution in [3.8, 4) is 0 Å². The van der Waals surface area contributed by atoms with Gasteiger partial charge >= 0.3 is 0 Å². The van der Waals surface area contributed by atoms with Crippen LogP contribution in [0.3, 0.4) is 0 Å². The van der Waals surface area contributed by atoms with E-state index in [0.717, 1.165) is 12.2 Å². The average molecular weight is 271 g/mol. The molecule has 0 aromatic carbocycles. The second-order valence-corrected chi connectivity index (χ2v) is 7.52. The molecule has 0 aromatic rings. The van der Waals surface area contributed by atoms with Crippen LogP contribution >= 0.6 is 49.6 Å². The standard InChI is InChI=1S/C10H22S4/c1-7(5-14-6-9(3)12)10(13)4-8(2)11/h7-13H,4-6H2,1-3H3. The van der Waals surface area contributed by atoms with Crippen molar-refractivity contribution in [2.75, 3.05) is 11.5 Å². The Balaban J connectivity index is 3.56. The zero-order chi connectivity index (χ0) is 11.1. The Hall–Kier alpha value is 1.40. The molecule has 0 saturated heterocycles. The van der Waals surface area contributed by atoms with E-state index in [0.29, 0.717) is 21.7 Å². The Bertz CT molecular complexity index is 136. The summed E-state index contributed by atoms with van der Waals surface area (Å²) in [5.41, 5.74) is 0. The third-order valence-corrected chi connectivity index (χ3v) is 4.84. The van der Waals surface area contributed by atoms with Gasteiger partial charge in [-0.2, -0.15) is 49.6 Å². The molecule has 0 aliphatic carbocycles. The predicted octanol–water partition coefficient (Wildman–Crippen LogP) is 3.68. The Morgan fingerprint density at radius 3 is 1.93 bits per heavy atom. The molecule has 0 spiro atoms. The molecule has 0 nitrogen and oxygen atoms in total. The predicted molar refractivity (Wildman–Crippen MR) is 80.8 cm³/mol. The first-order valence-corrected chi connectivity index (χ1v) is 7.75. The fourth-order valence-electron chi connectivity index (χ4n) is 1.12. The van der Waals surface area contributed by atoms with Gasteiger partial charge in [-0.05, 0) is 23.3 Å². The van der Waals surface area contributed by atoms with E-state index in [1.165, 1.54) is 5.75 Å². The van der Waals surface area contributed by atoms with E-state index in [2.05, 4.69) is 58.7 Å². The third kappa shape index (κ3) is 8.69. The second-order valence-electron chi connectivity index (χ2n) is 4.02. The molecule has 0 aliphatic rings. The number of hydrogen-bond acceptors (Lipinski definition) is 4. The molecular weight excluding hydrogens is 248 g/mol. The van der Waals surface area contributed by atoms with Gasteiger partial charge in [0.2, 0.25) is 0 Å². The van der Waals surface area contributed by atoms with Crippen LogP contribution in [0, 0.1) is 5.92 Å². The van der Waals surface area contributed by atoms with Crippen LogP contribution in [0.15, 0.2) is 0 Å². The van der Waals surface area contributed by atoms with Crippen LogP contribution < -0.4 is 0 Å². The van der Waals surface area contributed by atoms with E-state index in [9.17, 15) is 0 Å². The summed E-state index contributed by atoms with van der Waals surface area (Å²) >= 11 is 15.3. The third-order valence-electron chi connectivity index (χ3n) is 1.98. The lowest BCUT2D eigenvalue weighted by molar-refractivity contribution is 0.584. The Kier molecular flexibility index (Phi) is 9.39. The quantitative estimate of drug-likeness (QED) is 0.593. The molecule has 4 atom stereocenters. The number of rotatable bonds is 7. The lowest BCUT2D eigenvalue weighted by atomic mass is 10.1. The van der Waals surface area contributed by atoms with Crippen molar-refractivity contribution in [3.63, 3.8) is 0 Å². The molecule has 0 fully saturated rings. The van der Waals surface area contributed by atoms with Gasteiger partial charge in [0.05, 0.1) is 0 Å². The van der Waals surface area contributed by atoms with E-state index >= 15 is 0 Å². The first kappa shape index (κ1) is 15.4. The minimum Gasteiger partial charge on any atom is -0.176 e. The number of hydrogen-bond donors (Lipinski definition) is 3. The highest BCUT2D eigenvalue weighted by molar-refractivity contribution is 8.00. The molecule has 0 rings (SSSR count). The SMILES string of the molecule is CC(S)CSCC(C)C(S)CC(C)S. The van der Waals surface area contributed by atoms with E-state index < -0.39 is 0 Å². The maximum absolute atomic E-state index is 4.61. The molecule has 0 amide bonds. The zero-order valence-corrected chi connectivity index (χ0v) is 12.7. The maximum Gasteiger partial charge on any atom is 0.00791 e. The lowest BCUT2D eigenvalue weighted by Gasteiger charge is -2.20. The maximum atomic E-state index is 4.61. The van der Waals surface area contributed by atoms with Gasteiger partial charge in [0.25, 0.3) is 0 Å². The van der Waals surface area contributed by atoms with Gasteiger partial charge in [0.15, 0.2) is 0 Å². The van der Waals surface area contributed by atoms with E-state index in [4.69, 9.17) is 0 Å². The molecule has 86 valence electrons. The Labute approximate surface area is 110 Å². The van der Waals surface area contributed by atoms with E-state index in [1.54, 1.807) is 0 Å². The van der Waals surface area contributed by atoms with Gasteiger partial charge in [0.1, 0.15) is 0 Å². The van der Waals surface area contributed by atoms with Gasteiger partial charge in [-0.1, -0.05) is 20.8 Å². The van der Waals surface area contributed by atoms with Gasteiger partial charge in [-0.15, -0.1) is 0 Å². The van der Waals surface area contributed by atoms with E-state index in [1.807, 2.05) is 11.8 Å². The van der Waals surface area contributed by atoms with Crippen LogP contribution in [-0.2, 0) is 0 Å².